The first kappa shape index (κ1) is 21.6. The van der Waals surface area contributed by atoms with Gasteiger partial charge in [-0.3, -0.25) is 4.79 Å². The van der Waals surface area contributed by atoms with E-state index in [-0.39, 0.29) is 5.91 Å². The Morgan fingerprint density at radius 3 is 2.78 bits per heavy atom. The van der Waals surface area contributed by atoms with Crippen LogP contribution in [0.15, 0.2) is 54.7 Å². The van der Waals surface area contributed by atoms with E-state index in [1.54, 1.807) is 18.3 Å². The Morgan fingerprint density at radius 2 is 2.03 bits per heavy atom. The molecule has 32 heavy (non-hydrogen) atoms. The Labute approximate surface area is 188 Å². The number of nitrogens with zero attached hydrogens (tertiary/aromatic N) is 6. The van der Waals surface area contributed by atoms with Crippen LogP contribution < -0.4 is 15.5 Å². The lowest BCUT2D eigenvalue weighted by Gasteiger charge is -2.31. The van der Waals surface area contributed by atoms with E-state index in [2.05, 4.69) is 42.0 Å². The van der Waals surface area contributed by atoms with Crippen molar-refractivity contribution in [3.05, 3.63) is 77.4 Å². The standard InChI is InChI=1S/C23H28N8O/c1-4-6-21(30-11-9-24-10-12-30)18(5-2)28-22(32)19-7-8-25-23(29-19)31-14-17-13-26-16(3)27-20(17)15-31/h4-8,13,24H,2,9-12,14-15H2,1,3H3,(H,28,32)/b6-4-,21-18-. The molecule has 4 heterocycles. The highest BCUT2D eigenvalue weighted by Crippen LogP contribution is 2.24. The zero-order valence-corrected chi connectivity index (χ0v) is 18.5. The summed E-state index contributed by atoms with van der Waals surface area (Å²) in [4.78, 5) is 34.9. The number of anilines is 1. The number of rotatable bonds is 6. The predicted octanol–water partition coefficient (Wildman–Crippen LogP) is 1.70. The van der Waals surface area contributed by atoms with Crippen LogP contribution >= 0.6 is 0 Å². The Bertz CT molecular complexity index is 1070. The first-order valence-corrected chi connectivity index (χ1v) is 10.7. The number of aryl methyl sites for hydroxylation is 1. The maximum atomic E-state index is 13.1. The molecule has 0 aromatic carbocycles. The van der Waals surface area contributed by atoms with Crippen LogP contribution in [0.5, 0.6) is 0 Å². The third kappa shape index (κ3) is 4.67. The maximum absolute atomic E-state index is 13.1. The topological polar surface area (TPSA) is 99.2 Å². The lowest BCUT2D eigenvalue weighted by Crippen LogP contribution is -2.43. The van der Waals surface area contributed by atoms with Gasteiger partial charge >= 0.3 is 0 Å². The van der Waals surface area contributed by atoms with E-state index in [0.717, 1.165) is 49.0 Å². The van der Waals surface area contributed by atoms with Crippen molar-refractivity contribution in [3.63, 3.8) is 0 Å². The number of nitrogens with one attached hydrogen (secondary N) is 2. The number of allylic oxidation sites excluding steroid dienone is 3. The number of amides is 1. The number of carbonyl (C=O) groups excluding carboxylic acids is 1. The molecule has 0 unspecified atom stereocenters. The molecule has 2 N–H and O–H groups in total. The zero-order valence-electron chi connectivity index (χ0n) is 18.5. The van der Waals surface area contributed by atoms with Gasteiger partial charge in [-0.25, -0.2) is 19.9 Å². The molecule has 166 valence electrons. The Hall–Kier alpha value is -3.59. The van der Waals surface area contributed by atoms with Crippen LogP contribution in [0.3, 0.4) is 0 Å². The molecule has 2 aliphatic rings. The van der Waals surface area contributed by atoms with E-state index >= 15 is 0 Å². The van der Waals surface area contributed by atoms with E-state index in [9.17, 15) is 4.79 Å². The van der Waals surface area contributed by atoms with E-state index in [0.29, 0.717) is 30.4 Å². The third-order valence-electron chi connectivity index (χ3n) is 5.45. The fourth-order valence-corrected chi connectivity index (χ4v) is 3.86. The maximum Gasteiger partial charge on any atom is 0.274 e. The zero-order chi connectivity index (χ0) is 22.5. The van der Waals surface area contributed by atoms with E-state index in [4.69, 9.17) is 0 Å². The van der Waals surface area contributed by atoms with Crippen LogP contribution in [-0.4, -0.2) is 56.9 Å². The van der Waals surface area contributed by atoms with E-state index < -0.39 is 0 Å². The van der Waals surface area contributed by atoms with Crippen molar-refractivity contribution in [2.75, 3.05) is 31.1 Å². The van der Waals surface area contributed by atoms with Crippen molar-refractivity contribution in [3.8, 4) is 0 Å². The SMILES string of the molecule is C=C/C(NC(=O)c1ccnc(N2Cc3cnc(C)nc3C2)n1)=C(\C=C/C)N1CCNCC1. The molecule has 2 aromatic rings. The van der Waals surface area contributed by atoms with Crippen LogP contribution in [0.4, 0.5) is 5.95 Å². The van der Waals surface area contributed by atoms with E-state index in [1.165, 1.54) is 0 Å². The Kier molecular flexibility index (Phi) is 6.55. The number of carbonyl (C=O) groups is 1. The quantitative estimate of drug-likeness (QED) is 0.666. The van der Waals surface area contributed by atoms with Gasteiger partial charge in [-0.2, -0.15) is 0 Å². The Morgan fingerprint density at radius 1 is 1.22 bits per heavy atom. The molecule has 0 saturated carbocycles. The van der Waals surface area contributed by atoms with Gasteiger partial charge in [0.25, 0.3) is 5.91 Å². The molecule has 2 aromatic heterocycles. The number of piperazine rings is 1. The van der Waals surface area contributed by atoms with E-state index in [1.807, 2.05) is 37.1 Å². The second kappa shape index (κ2) is 9.69. The van der Waals surface area contributed by atoms with Crippen molar-refractivity contribution in [1.29, 1.82) is 0 Å². The predicted molar refractivity (Wildman–Crippen MR) is 123 cm³/mol. The molecule has 1 fully saturated rings. The highest BCUT2D eigenvalue weighted by Gasteiger charge is 2.24. The number of fused-ring (bicyclic) bond motifs is 1. The summed E-state index contributed by atoms with van der Waals surface area (Å²) < 4.78 is 0. The minimum Gasteiger partial charge on any atom is -0.367 e. The Balaban J connectivity index is 1.54. The van der Waals surface area contributed by atoms with Gasteiger partial charge in [-0.15, -0.1) is 0 Å². The van der Waals surface area contributed by atoms with Crippen molar-refractivity contribution in [2.45, 2.75) is 26.9 Å². The average molecular weight is 433 g/mol. The molecule has 1 amide bonds. The molecule has 0 radical (unpaired) electrons. The van der Waals surface area contributed by atoms with Crippen molar-refractivity contribution in [2.24, 2.45) is 0 Å². The lowest BCUT2D eigenvalue weighted by atomic mass is 10.2. The summed E-state index contributed by atoms with van der Waals surface area (Å²) in [6.07, 6.45) is 9.09. The first-order valence-electron chi connectivity index (χ1n) is 10.7. The molecular formula is C23H28N8O. The minimum atomic E-state index is -0.298. The third-order valence-corrected chi connectivity index (χ3v) is 5.45. The highest BCUT2D eigenvalue weighted by molar-refractivity contribution is 5.94. The van der Waals surface area contributed by atoms with Gasteiger partial charge in [0.1, 0.15) is 11.5 Å². The van der Waals surface area contributed by atoms with Gasteiger partial charge in [0.05, 0.1) is 23.6 Å². The molecule has 0 spiro atoms. The summed E-state index contributed by atoms with van der Waals surface area (Å²) in [5.74, 6) is 0.936. The molecule has 9 nitrogen and oxygen atoms in total. The summed E-state index contributed by atoms with van der Waals surface area (Å²) in [5, 5.41) is 6.33. The molecule has 0 bridgehead atoms. The molecular weight excluding hydrogens is 404 g/mol. The van der Waals surface area contributed by atoms with Crippen LogP contribution in [-0.2, 0) is 13.1 Å². The second-order valence-corrected chi connectivity index (χ2v) is 7.68. The first-order chi connectivity index (χ1) is 15.6. The van der Waals surface area contributed by atoms with Gasteiger partial charge in [0, 0.05) is 50.7 Å². The summed E-state index contributed by atoms with van der Waals surface area (Å²) >= 11 is 0. The molecule has 0 atom stereocenters. The van der Waals surface area contributed by atoms with Crippen LogP contribution in [0, 0.1) is 6.92 Å². The molecule has 4 rings (SSSR count). The average Bonchev–Trinajstić information content (AvgIpc) is 3.25. The van der Waals surface area contributed by atoms with Crippen molar-refractivity contribution < 1.29 is 4.79 Å². The summed E-state index contributed by atoms with van der Waals surface area (Å²) in [6.45, 7) is 12.5. The molecule has 0 aliphatic carbocycles. The second-order valence-electron chi connectivity index (χ2n) is 7.68. The van der Waals surface area contributed by atoms with Crippen LogP contribution in [0.25, 0.3) is 0 Å². The monoisotopic (exact) mass is 432 g/mol. The van der Waals surface area contributed by atoms with Crippen molar-refractivity contribution >= 4 is 11.9 Å². The largest absolute Gasteiger partial charge is 0.367 e. The van der Waals surface area contributed by atoms with Gasteiger partial charge in [0.2, 0.25) is 5.95 Å². The molecule has 9 heteroatoms. The van der Waals surface area contributed by atoms with Gasteiger partial charge in [0.15, 0.2) is 0 Å². The van der Waals surface area contributed by atoms with Crippen LogP contribution in [0.1, 0.15) is 34.5 Å². The fraction of sp³-hybridized carbons (Fsp3) is 0.348. The number of hydrogen-bond donors (Lipinski definition) is 2. The van der Waals surface area contributed by atoms with Crippen molar-refractivity contribution in [1.82, 2.24) is 35.5 Å². The summed E-state index contributed by atoms with van der Waals surface area (Å²) in [7, 11) is 0. The fourth-order valence-electron chi connectivity index (χ4n) is 3.86. The normalized spacial score (nSPS) is 16.7. The van der Waals surface area contributed by atoms with Gasteiger partial charge in [-0.05, 0) is 32.1 Å². The summed E-state index contributed by atoms with van der Waals surface area (Å²) in [5.41, 5.74) is 3.93. The number of aromatic nitrogens is 4. The highest BCUT2D eigenvalue weighted by atomic mass is 16.1. The lowest BCUT2D eigenvalue weighted by molar-refractivity contribution is 0.0961. The molecule has 1 saturated heterocycles. The van der Waals surface area contributed by atoms with Gasteiger partial charge < -0.3 is 20.4 Å². The van der Waals surface area contributed by atoms with Gasteiger partial charge in [-0.1, -0.05) is 12.7 Å². The number of hydrogen-bond acceptors (Lipinski definition) is 8. The summed E-state index contributed by atoms with van der Waals surface area (Å²) in [6, 6.07) is 1.62. The molecule has 2 aliphatic heterocycles. The smallest absolute Gasteiger partial charge is 0.274 e. The van der Waals surface area contributed by atoms with Crippen LogP contribution in [0.2, 0.25) is 0 Å². The minimum absolute atomic E-state index is 0.298.